The van der Waals surface area contributed by atoms with E-state index >= 15 is 0 Å². The van der Waals surface area contributed by atoms with Gasteiger partial charge < -0.3 is 10.6 Å². The number of amides is 2. The van der Waals surface area contributed by atoms with Crippen molar-refractivity contribution in [2.75, 3.05) is 13.1 Å². The maximum atomic E-state index is 11.9. The minimum atomic E-state index is -0.301. The Labute approximate surface area is 103 Å². The normalized spacial score (nSPS) is 22.1. The van der Waals surface area contributed by atoms with Gasteiger partial charge in [-0.2, -0.15) is 0 Å². The van der Waals surface area contributed by atoms with E-state index in [1.54, 1.807) is 0 Å². The highest BCUT2D eigenvalue weighted by atomic mass is 16.2. The van der Waals surface area contributed by atoms with Crippen molar-refractivity contribution in [2.24, 2.45) is 5.92 Å². The molecule has 2 atom stereocenters. The summed E-state index contributed by atoms with van der Waals surface area (Å²) in [6.45, 7) is 6.90. The number of hydrogen-bond donors (Lipinski definition) is 3. The molecule has 0 aromatic heterocycles. The Morgan fingerprint density at radius 1 is 1.47 bits per heavy atom. The molecule has 1 aliphatic rings. The molecule has 5 nitrogen and oxygen atoms in total. The summed E-state index contributed by atoms with van der Waals surface area (Å²) in [6, 6.07) is -0.124. The van der Waals surface area contributed by atoms with Gasteiger partial charge in [-0.3, -0.25) is 14.9 Å². The molecule has 0 aliphatic carbocycles. The van der Waals surface area contributed by atoms with Crippen molar-refractivity contribution < 1.29 is 9.59 Å². The molecule has 5 heteroatoms. The maximum absolute atomic E-state index is 11.9. The number of hydrogen-bond acceptors (Lipinski definition) is 3. The van der Waals surface area contributed by atoms with Gasteiger partial charge in [-0.25, -0.2) is 0 Å². The molecule has 0 aromatic carbocycles. The van der Waals surface area contributed by atoms with Crippen molar-refractivity contribution in [1.29, 1.82) is 0 Å². The average molecular weight is 241 g/mol. The molecule has 0 radical (unpaired) electrons. The molecule has 1 fully saturated rings. The summed E-state index contributed by atoms with van der Waals surface area (Å²) in [5, 5.41) is 8.62. The SMILES string of the molecule is CCC(CC)C(C)NC(=O)C1CNC(=O)CN1. The molecule has 0 saturated carbocycles. The van der Waals surface area contributed by atoms with E-state index in [0.717, 1.165) is 12.8 Å². The van der Waals surface area contributed by atoms with Gasteiger partial charge in [0.1, 0.15) is 6.04 Å². The van der Waals surface area contributed by atoms with Crippen LogP contribution in [0.25, 0.3) is 0 Å². The standard InChI is InChI=1S/C12H23N3O2/c1-4-9(5-2)8(3)15-12(17)10-6-14-11(16)7-13-10/h8-10,13H,4-7H2,1-3H3,(H,14,16)(H,15,17). The Morgan fingerprint density at radius 3 is 2.59 bits per heavy atom. The third-order valence-corrected chi connectivity index (χ3v) is 3.45. The third-order valence-electron chi connectivity index (χ3n) is 3.45. The van der Waals surface area contributed by atoms with Crippen molar-refractivity contribution in [3.63, 3.8) is 0 Å². The first kappa shape index (κ1) is 14.0. The van der Waals surface area contributed by atoms with E-state index in [2.05, 4.69) is 29.8 Å². The van der Waals surface area contributed by atoms with Crippen LogP contribution in [0.3, 0.4) is 0 Å². The fraction of sp³-hybridized carbons (Fsp3) is 0.833. The van der Waals surface area contributed by atoms with E-state index in [-0.39, 0.29) is 30.4 Å². The van der Waals surface area contributed by atoms with Crippen molar-refractivity contribution >= 4 is 11.8 Å². The van der Waals surface area contributed by atoms with E-state index in [1.807, 2.05) is 6.92 Å². The monoisotopic (exact) mass is 241 g/mol. The lowest BCUT2D eigenvalue weighted by Crippen LogP contribution is -2.59. The fourth-order valence-corrected chi connectivity index (χ4v) is 2.19. The largest absolute Gasteiger partial charge is 0.353 e. The van der Waals surface area contributed by atoms with Gasteiger partial charge in [0.25, 0.3) is 0 Å². The van der Waals surface area contributed by atoms with Crippen LogP contribution >= 0.6 is 0 Å². The van der Waals surface area contributed by atoms with Crippen molar-refractivity contribution in [3.05, 3.63) is 0 Å². The van der Waals surface area contributed by atoms with Gasteiger partial charge >= 0.3 is 0 Å². The average Bonchev–Trinajstić information content (AvgIpc) is 2.31. The molecule has 3 N–H and O–H groups in total. The topological polar surface area (TPSA) is 70.2 Å². The second-order valence-corrected chi connectivity index (χ2v) is 4.61. The van der Waals surface area contributed by atoms with Gasteiger partial charge in [0.2, 0.25) is 11.8 Å². The van der Waals surface area contributed by atoms with Crippen molar-refractivity contribution in [3.8, 4) is 0 Å². The predicted molar refractivity (Wildman–Crippen MR) is 66.5 cm³/mol. The Kier molecular flexibility index (Phi) is 5.41. The van der Waals surface area contributed by atoms with Gasteiger partial charge in [0.15, 0.2) is 0 Å². The van der Waals surface area contributed by atoms with Crippen LogP contribution in [0, 0.1) is 5.92 Å². The Bertz CT molecular complexity index is 267. The maximum Gasteiger partial charge on any atom is 0.239 e. The summed E-state index contributed by atoms with van der Waals surface area (Å²) in [6.07, 6.45) is 2.12. The van der Waals surface area contributed by atoms with Crippen LogP contribution < -0.4 is 16.0 Å². The van der Waals surface area contributed by atoms with Gasteiger partial charge in [-0.15, -0.1) is 0 Å². The zero-order valence-electron chi connectivity index (χ0n) is 10.9. The Balaban J connectivity index is 2.40. The number of carbonyl (C=O) groups is 2. The summed E-state index contributed by atoms with van der Waals surface area (Å²) in [5.41, 5.74) is 0. The number of nitrogens with one attached hydrogen (secondary N) is 3. The first-order chi connectivity index (χ1) is 8.08. The Hall–Kier alpha value is -1.10. The van der Waals surface area contributed by atoms with Crippen LogP contribution in [0.4, 0.5) is 0 Å². The molecular weight excluding hydrogens is 218 g/mol. The molecule has 1 saturated heterocycles. The van der Waals surface area contributed by atoms with Gasteiger partial charge in [-0.1, -0.05) is 26.7 Å². The van der Waals surface area contributed by atoms with E-state index in [4.69, 9.17) is 0 Å². The third kappa shape index (κ3) is 4.00. The summed E-state index contributed by atoms with van der Waals surface area (Å²) in [5.74, 6) is 0.434. The summed E-state index contributed by atoms with van der Waals surface area (Å²) in [7, 11) is 0. The molecule has 98 valence electrons. The van der Waals surface area contributed by atoms with Crippen LogP contribution in [0.15, 0.2) is 0 Å². The molecule has 2 amide bonds. The van der Waals surface area contributed by atoms with Crippen molar-refractivity contribution in [2.45, 2.75) is 45.7 Å². The second-order valence-electron chi connectivity index (χ2n) is 4.61. The fourth-order valence-electron chi connectivity index (χ4n) is 2.19. The lowest BCUT2D eigenvalue weighted by molar-refractivity contribution is -0.127. The smallest absolute Gasteiger partial charge is 0.239 e. The lowest BCUT2D eigenvalue weighted by atomic mass is 9.95. The minimum absolute atomic E-state index is 0.0237. The molecule has 0 spiro atoms. The number of piperazine rings is 1. The summed E-state index contributed by atoms with van der Waals surface area (Å²) >= 11 is 0. The molecule has 17 heavy (non-hydrogen) atoms. The summed E-state index contributed by atoms with van der Waals surface area (Å²) < 4.78 is 0. The van der Waals surface area contributed by atoms with Crippen LogP contribution in [0.1, 0.15) is 33.6 Å². The van der Waals surface area contributed by atoms with Gasteiger partial charge in [-0.05, 0) is 12.8 Å². The van der Waals surface area contributed by atoms with Crippen LogP contribution in [0.5, 0.6) is 0 Å². The molecule has 1 rings (SSSR count). The van der Waals surface area contributed by atoms with Crippen LogP contribution in [-0.4, -0.2) is 37.0 Å². The molecule has 0 bridgehead atoms. The number of rotatable bonds is 5. The number of carbonyl (C=O) groups excluding carboxylic acids is 2. The molecule has 2 unspecified atom stereocenters. The predicted octanol–water partition coefficient (Wildman–Crippen LogP) is 0.0153. The summed E-state index contributed by atoms with van der Waals surface area (Å²) in [4.78, 5) is 22.9. The minimum Gasteiger partial charge on any atom is -0.353 e. The first-order valence-electron chi connectivity index (χ1n) is 6.38. The van der Waals surface area contributed by atoms with Gasteiger partial charge in [0, 0.05) is 12.6 Å². The molecule has 1 heterocycles. The van der Waals surface area contributed by atoms with Crippen LogP contribution in [-0.2, 0) is 9.59 Å². The van der Waals surface area contributed by atoms with Crippen molar-refractivity contribution in [1.82, 2.24) is 16.0 Å². The second kappa shape index (κ2) is 6.59. The van der Waals surface area contributed by atoms with Gasteiger partial charge in [0.05, 0.1) is 6.54 Å². The highest BCUT2D eigenvalue weighted by Crippen LogP contribution is 2.12. The zero-order valence-corrected chi connectivity index (χ0v) is 10.9. The van der Waals surface area contributed by atoms with E-state index in [0.29, 0.717) is 12.5 Å². The first-order valence-corrected chi connectivity index (χ1v) is 6.38. The molecule has 0 aromatic rings. The van der Waals surface area contributed by atoms with E-state index in [1.165, 1.54) is 0 Å². The molecular formula is C12H23N3O2. The highest BCUT2D eigenvalue weighted by Gasteiger charge is 2.25. The molecule has 1 aliphatic heterocycles. The lowest BCUT2D eigenvalue weighted by Gasteiger charge is -2.27. The highest BCUT2D eigenvalue weighted by molar-refractivity contribution is 5.86. The zero-order chi connectivity index (χ0) is 12.8. The quantitative estimate of drug-likeness (QED) is 0.635. The van der Waals surface area contributed by atoms with Crippen LogP contribution in [0.2, 0.25) is 0 Å². The van der Waals surface area contributed by atoms with E-state index < -0.39 is 0 Å². The van der Waals surface area contributed by atoms with E-state index in [9.17, 15) is 9.59 Å². The Morgan fingerprint density at radius 2 is 2.12 bits per heavy atom.